The van der Waals surface area contributed by atoms with Crippen molar-refractivity contribution in [2.75, 3.05) is 5.32 Å². The minimum atomic E-state index is -0.416. The molecule has 1 heterocycles. The Balaban J connectivity index is 1.90. The highest BCUT2D eigenvalue weighted by atomic mass is 35.5. The first kappa shape index (κ1) is 13.5. The minimum absolute atomic E-state index is 0.200. The van der Waals surface area contributed by atoms with Crippen molar-refractivity contribution in [2.45, 2.75) is 6.54 Å². The summed E-state index contributed by atoms with van der Waals surface area (Å²) in [6.07, 6.45) is 0. The zero-order valence-corrected chi connectivity index (χ0v) is 11.1. The highest BCUT2D eigenvalue weighted by Gasteiger charge is 2.04. The van der Waals surface area contributed by atoms with Gasteiger partial charge in [-0.3, -0.25) is 9.89 Å². The van der Waals surface area contributed by atoms with Crippen molar-refractivity contribution in [1.29, 1.82) is 0 Å². The number of hydrogen-bond acceptors (Lipinski definition) is 2. The number of aromatic amines is 2. The predicted octanol–water partition coefficient (Wildman–Crippen LogP) is 2.33. The molecule has 0 aliphatic carbocycles. The van der Waals surface area contributed by atoms with Gasteiger partial charge in [0.25, 0.3) is 5.56 Å². The second-order valence-electron chi connectivity index (χ2n) is 3.72. The summed E-state index contributed by atoms with van der Waals surface area (Å²) < 4.78 is 0. The molecular weight excluding hydrogens is 291 g/mol. The molecule has 2 aromatic rings. The molecule has 8 heteroatoms. The molecule has 0 spiro atoms. The van der Waals surface area contributed by atoms with E-state index >= 15 is 0 Å². The molecule has 0 bridgehead atoms. The van der Waals surface area contributed by atoms with Crippen LogP contribution in [0.15, 0.2) is 29.1 Å². The van der Waals surface area contributed by atoms with E-state index < -0.39 is 6.03 Å². The molecule has 2 amide bonds. The lowest BCUT2D eigenvalue weighted by Crippen LogP contribution is -2.28. The molecule has 19 heavy (non-hydrogen) atoms. The van der Waals surface area contributed by atoms with Crippen LogP contribution in [0.2, 0.25) is 10.0 Å². The number of carbonyl (C=O) groups excluding carboxylic acids is 1. The summed E-state index contributed by atoms with van der Waals surface area (Å²) in [4.78, 5) is 22.4. The van der Waals surface area contributed by atoms with E-state index in [1.807, 2.05) is 0 Å². The van der Waals surface area contributed by atoms with E-state index in [2.05, 4.69) is 20.8 Å². The van der Waals surface area contributed by atoms with E-state index in [1.165, 1.54) is 6.07 Å². The first-order valence-electron chi connectivity index (χ1n) is 5.31. The number of aromatic nitrogens is 2. The maximum absolute atomic E-state index is 11.6. The summed E-state index contributed by atoms with van der Waals surface area (Å²) in [5, 5.41) is 10.9. The van der Waals surface area contributed by atoms with E-state index in [0.717, 1.165) is 0 Å². The lowest BCUT2D eigenvalue weighted by Gasteiger charge is -2.07. The lowest BCUT2D eigenvalue weighted by atomic mass is 10.3. The first-order valence-corrected chi connectivity index (χ1v) is 6.06. The lowest BCUT2D eigenvalue weighted by molar-refractivity contribution is 0.251. The standard InChI is InChI=1S/C11H10Cl2N4O2/c12-8-2-1-6(3-9(8)13)15-11(19)14-5-7-4-10(18)17-16-7/h1-4H,5H2,(H2,14,15,19)(H2,16,17,18). The van der Waals surface area contributed by atoms with Crippen LogP contribution in [0.25, 0.3) is 0 Å². The molecule has 0 atom stereocenters. The number of amides is 2. The summed E-state index contributed by atoms with van der Waals surface area (Å²) in [7, 11) is 0. The molecule has 0 aliphatic heterocycles. The Morgan fingerprint density at radius 2 is 1.95 bits per heavy atom. The van der Waals surface area contributed by atoms with Gasteiger partial charge in [0, 0.05) is 11.8 Å². The van der Waals surface area contributed by atoms with Crippen molar-refractivity contribution in [3.05, 3.63) is 50.4 Å². The van der Waals surface area contributed by atoms with Crippen molar-refractivity contribution < 1.29 is 4.79 Å². The third kappa shape index (κ3) is 3.77. The van der Waals surface area contributed by atoms with Crippen LogP contribution in [0.3, 0.4) is 0 Å². The molecule has 1 aromatic heterocycles. The predicted molar refractivity (Wildman–Crippen MR) is 73.7 cm³/mol. The molecule has 1 aromatic carbocycles. The van der Waals surface area contributed by atoms with Gasteiger partial charge < -0.3 is 15.7 Å². The largest absolute Gasteiger partial charge is 0.332 e. The smallest absolute Gasteiger partial charge is 0.319 e. The van der Waals surface area contributed by atoms with Crippen LogP contribution in [-0.2, 0) is 6.54 Å². The Labute approximate surface area is 118 Å². The number of nitrogens with one attached hydrogen (secondary N) is 4. The van der Waals surface area contributed by atoms with Gasteiger partial charge in [-0.05, 0) is 18.2 Å². The average Bonchev–Trinajstić information content (AvgIpc) is 2.77. The van der Waals surface area contributed by atoms with Gasteiger partial charge in [0.05, 0.1) is 22.3 Å². The Hall–Kier alpha value is -1.92. The fourth-order valence-corrected chi connectivity index (χ4v) is 1.69. The Morgan fingerprint density at radius 1 is 1.16 bits per heavy atom. The number of H-pyrrole nitrogens is 2. The van der Waals surface area contributed by atoms with Crippen molar-refractivity contribution >= 4 is 34.9 Å². The van der Waals surface area contributed by atoms with E-state index in [1.54, 1.807) is 18.2 Å². The van der Waals surface area contributed by atoms with Gasteiger partial charge in [0.2, 0.25) is 0 Å². The summed E-state index contributed by atoms with van der Waals surface area (Å²) in [5.41, 5.74) is 0.852. The number of hydrogen-bond donors (Lipinski definition) is 4. The topological polar surface area (TPSA) is 89.8 Å². The Bertz CT molecular complexity index is 650. The van der Waals surface area contributed by atoms with Gasteiger partial charge in [-0.25, -0.2) is 4.79 Å². The second-order valence-corrected chi connectivity index (χ2v) is 4.53. The van der Waals surface area contributed by atoms with Crippen molar-refractivity contribution in [1.82, 2.24) is 15.5 Å². The number of carbonyl (C=O) groups is 1. The first-order chi connectivity index (χ1) is 9.04. The molecule has 0 aliphatic rings. The summed E-state index contributed by atoms with van der Waals surface area (Å²) in [6.45, 7) is 0.200. The highest BCUT2D eigenvalue weighted by Crippen LogP contribution is 2.24. The Morgan fingerprint density at radius 3 is 2.58 bits per heavy atom. The fourth-order valence-electron chi connectivity index (χ4n) is 1.39. The van der Waals surface area contributed by atoms with Gasteiger partial charge in [-0.2, -0.15) is 0 Å². The van der Waals surface area contributed by atoms with Crippen LogP contribution in [0.1, 0.15) is 5.69 Å². The van der Waals surface area contributed by atoms with Gasteiger partial charge in [0.15, 0.2) is 0 Å². The van der Waals surface area contributed by atoms with E-state index in [4.69, 9.17) is 23.2 Å². The fraction of sp³-hybridized carbons (Fsp3) is 0.0909. The third-order valence-electron chi connectivity index (χ3n) is 2.27. The van der Waals surface area contributed by atoms with Gasteiger partial charge in [-0.1, -0.05) is 23.2 Å². The molecule has 2 rings (SSSR count). The summed E-state index contributed by atoms with van der Waals surface area (Å²) in [5.74, 6) is 0. The molecule has 0 saturated carbocycles. The number of urea groups is 1. The van der Waals surface area contributed by atoms with Crippen LogP contribution in [0, 0.1) is 0 Å². The highest BCUT2D eigenvalue weighted by molar-refractivity contribution is 6.42. The molecule has 0 saturated heterocycles. The normalized spacial score (nSPS) is 10.2. The maximum atomic E-state index is 11.6. The van der Waals surface area contributed by atoms with Gasteiger partial charge in [0.1, 0.15) is 0 Å². The van der Waals surface area contributed by atoms with Crippen LogP contribution in [0.5, 0.6) is 0 Å². The monoisotopic (exact) mass is 300 g/mol. The second kappa shape index (κ2) is 5.81. The molecule has 100 valence electrons. The zero-order valence-electron chi connectivity index (χ0n) is 9.59. The molecule has 0 unspecified atom stereocenters. The quantitative estimate of drug-likeness (QED) is 0.701. The van der Waals surface area contributed by atoms with E-state index in [9.17, 15) is 9.59 Å². The Kier molecular flexibility index (Phi) is 4.13. The van der Waals surface area contributed by atoms with E-state index in [0.29, 0.717) is 21.4 Å². The van der Waals surface area contributed by atoms with Crippen LogP contribution in [0.4, 0.5) is 10.5 Å². The maximum Gasteiger partial charge on any atom is 0.319 e. The summed E-state index contributed by atoms with van der Waals surface area (Å²) in [6, 6.07) is 5.70. The number of benzene rings is 1. The SMILES string of the molecule is O=C(NCc1cc(=O)[nH][nH]1)Nc1ccc(Cl)c(Cl)c1. The van der Waals surface area contributed by atoms with Crippen LogP contribution >= 0.6 is 23.2 Å². The number of halogens is 2. The average molecular weight is 301 g/mol. The van der Waals surface area contributed by atoms with Gasteiger partial charge in [-0.15, -0.1) is 0 Å². The van der Waals surface area contributed by atoms with E-state index in [-0.39, 0.29) is 12.1 Å². The minimum Gasteiger partial charge on any atom is -0.332 e. The molecule has 0 radical (unpaired) electrons. The zero-order chi connectivity index (χ0) is 13.8. The van der Waals surface area contributed by atoms with Crippen molar-refractivity contribution in [3.63, 3.8) is 0 Å². The number of rotatable bonds is 3. The third-order valence-corrected chi connectivity index (χ3v) is 3.01. The number of anilines is 1. The molecule has 4 N–H and O–H groups in total. The molecule has 0 fully saturated rings. The van der Waals surface area contributed by atoms with Crippen LogP contribution < -0.4 is 16.2 Å². The van der Waals surface area contributed by atoms with Crippen molar-refractivity contribution in [2.24, 2.45) is 0 Å². The van der Waals surface area contributed by atoms with Crippen molar-refractivity contribution in [3.8, 4) is 0 Å². The molecular formula is C11H10Cl2N4O2. The van der Waals surface area contributed by atoms with Crippen LogP contribution in [-0.4, -0.2) is 16.2 Å². The molecule has 6 nitrogen and oxygen atoms in total. The summed E-state index contributed by atoms with van der Waals surface area (Å²) >= 11 is 11.6. The van der Waals surface area contributed by atoms with Gasteiger partial charge >= 0.3 is 6.03 Å².